The predicted octanol–water partition coefficient (Wildman–Crippen LogP) is 5.48. The van der Waals surface area contributed by atoms with E-state index in [1.807, 2.05) is 13.8 Å². The highest BCUT2D eigenvalue weighted by Gasteiger charge is 2.03. The van der Waals surface area contributed by atoms with Crippen LogP contribution >= 0.6 is 0 Å². The molecule has 0 fully saturated rings. The molecule has 1 atom stereocenters. The highest BCUT2D eigenvalue weighted by Crippen LogP contribution is 2.18. The van der Waals surface area contributed by atoms with Crippen LogP contribution in [0.4, 0.5) is 0 Å². The third-order valence-electron chi connectivity index (χ3n) is 3.20. The zero-order valence-electron chi connectivity index (χ0n) is 12.2. The molecule has 0 spiro atoms. The van der Waals surface area contributed by atoms with Crippen LogP contribution in [0, 0.1) is 12.8 Å². The molecule has 0 amide bonds. The van der Waals surface area contributed by atoms with Gasteiger partial charge in [0, 0.05) is 0 Å². The lowest BCUT2D eigenvalue weighted by Gasteiger charge is -2.02. The van der Waals surface area contributed by atoms with Crippen molar-refractivity contribution in [3.05, 3.63) is 59.2 Å². The van der Waals surface area contributed by atoms with Gasteiger partial charge in [0.1, 0.15) is 0 Å². The minimum absolute atomic E-state index is 0.728. The summed E-state index contributed by atoms with van der Waals surface area (Å²) in [5, 5.41) is 0. The van der Waals surface area contributed by atoms with E-state index in [0.29, 0.717) is 0 Å². The molecule has 2 rings (SSSR count). The van der Waals surface area contributed by atoms with Gasteiger partial charge in [0.2, 0.25) is 0 Å². The second-order valence-corrected chi connectivity index (χ2v) is 4.86. The minimum atomic E-state index is 0.728. The lowest BCUT2D eigenvalue weighted by atomic mass is 10.0. The van der Waals surface area contributed by atoms with Gasteiger partial charge in [-0.3, -0.25) is 0 Å². The molecule has 18 heavy (non-hydrogen) atoms. The van der Waals surface area contributed by atoms with Crippen LogP contribution in [-0.2, 0) is 6.42 Å². The van der Waals surface area contributed by atoms with Crippen molar-refractivity contribution in [1.29, 1.82) is 0 Å². The maximum atomic E-state index is 2.39. The molecule has 0 saturated heterocycles. The number of allylic oxidation sites excluding steroid dienone is 4. The Bertz CT molecular complexity index is 393. The molecule has 0 bridgehead atoms. The zero-order valence-corrected chi connectivity index (χ0v) is 12.2. The largest absolute Gasteiger partial charge is 0.0814 e. The first-order chi connectivity index (χ1) is 8.74. The third kappa shape index (κ3) is 4.91. The van der Waals surface area contributed by atoms with Gasteiger partial charge < -0.3 is 0 Å². The number of aryl methyl sites for hydroxylation is 1. The maximum absolute atomic E-state index is 2.39. The van der Waals surface area contributed by atoms with E-state index in [0.717, 1.165) is 12.3 Å². The SMILES string of the molecule is CC.Cc1ccc(CC2=CCCC(C)C=C2)cc1. The summed E-state index contributed by atoms with van der Waals surface area (Å²) in [6, 6.07) is 8.86. The Balaban J connectivity index is 0.000000771. The molecular weight excluding hydrogens is 216 g/mol. The first kappa shape index (κ1) is 14.8. The summed E-state index contributed by atoms with van der Waals surface area (Å²) in [6.45, 7) is 8.43. The molecule has 1 aliphatic carbocycles. The molecule has 0 aromatic heterocycles. The van der Waals surface area contributed by atoms with Gasteiger partial charge in [-0.05, 0) is 43.2 Å². The molecule has 0 N–H and O–H groups in total. The van der Waals surface area contributed by atoms with Crippen LogP contribution in [-0.4, -0.2) is 0 Å². The number of hydrogen-bond acceptors (Lipinski definition) is 0. The van der Waals surface area contributed by atoms with Crippen molar-refractivity contribution in [2.45, 2.75) is 47.0 Å². The number of benzene rings is 1. The Labute approximate surface area is 112 Å². The average molecular weight is 242 g/mol. The Morgan fingerprint density at radius 1 is 1.11 bits per heavy atom. The molecule has 0 heterocycles. The second kappa shape index (κ2) is 7.92. The van der Waals surface area contributed by atoms with E-state index < -0.39 is 0 Å². The van der Waals surface area contributed by atoms with Gasteiger partial charge in [0.25, 0.3) is 0 Å². The molecular formula is C18H26. The van der Waals surface area contributed by atoms with Crippen LogP contribution < -0.4 is 0 Å². The van der Waals surface area contributed by atoms with Gasteiger partial charge in [-0.1, -0.05) is 68.8 Å². The Morgan fingerprint density at radius 2 is 1.78 bits per heavy atom. The summed E-state index contributed by atoms with van der Waals surface area (Å²) in [5.74, 6) is 0.728. The zero-order chi connectivity index (χ0) is 13.4. The van der Waals surface area contributed by atoms with E-state index in [1.165, 1.54) is 29.5 Å². The van der Waals surface area contributed by atoms with E-state index in [9.17, 15) is 0 Å². The second-order valence-electron chi connectivity index (χ2n) is 4.86. The average Bonchev–Trinajstić information content (AvgIpc) is 2.60. The summed E-state index contributed by atoms with van der Waals surface area (Å²) < 4.78 is 0. The van der Waals surface area contributed by atoms with Gasteiger partial charge in [-0.2, -0.15) is 0 Å². The van der Waals surface area contributed by atoms with E-state index in [2.05, 4.69) is 56.3 Å². The molecule has 1 unspecified atom stereocenters. The molecule has 0 saturated carbocycles. The standard InChI is InChI=1S/C16H20.C2H6/c1-13-4-3-5-15(9-6-13)12-16-10-7-14(2)8-11-16;1-2/h5-11,13H,3-4,12H2,1-2H3;1-2H3. The minimum Gasteiger partial charge on any atom is -0.0814 e. The topological polar surface area (TPSA) is 0 Å². The summed E-state index contributed by atoms with van der Waals surface area (Å²) in [4.78, 5) is 0. The normalized spacial score (nSPS) is 18.4. The van der Waals surface area contributed by atoms with Crippen LogP contribution in [0.2, 0.25) is 0 Å². The van der Waals surface area contributed by atoms with Crippen molar-refractivity contribution in [3.63, 3.8) is 0 Å². The first-order valence-corrected chi connectivity index (χ1v) is 7.17. The molecule has 1 aromatic rings. The fourth-order valence-corrected chi connectivity index (χ4v) is 2.06. The van der Waals surface area contributed by atoms with E-state index in [4.69, 9.17) is 0 Å². The lowest BCUT2D eigenvalue weighted by molar-refractivity contribution is 0.662. The number of hydrogen-bond donors (Lipinski definition) is 0. The summed E-state index contributed by atoms with van der Waals surface area (Å²) >= 11 is 0. The lowest BCUT2D eigenvalue weighted by Crippen LogP contribution is -1.87. The predicted molar refractivity (Wildman–Crippen MR) is 81.9 cm³/mol. The highest BCUT2D eigenvalue weighted by atomic mass is 14.1. The monoisotopic (exact) mass is 242 g/mol. The molecule has 0 nitrogen and oxygen atoms in total. The van der Waals surface area contributed by atoms with Gasteiger partial charge in [-0.25, -0.2) is 0 Å². The van der Waals surface area contributed by atoms with Gasteiger partial charge >= 0.3 is 0 Å². The smallest absolute Gasteiger partial charge is 0.00290 e. The molecule has 0 radical (unpaired) electrons. The quantitative estimate of drug-likeness (QED) is 0.644. The van der Waals surface area contributed by atoms with Gasteiger partial charge in [0.15, 0.2) is 0 Å². The molecule has 0 heteroatoms. The summed E-state index contributed by atoms with van der Waals surface area (Å²) in [5.41, 5.74) is 4.21. The highest BCUT2D eigenvalue weighted by molar-refractivity contribution is 5.31. The molecule has 1 aliphatic rings. The first-order valence-electron chi connectivity index (χ1n) is 7.17. The van der Waals surface area contributed by atoms with Crippen LogP contribution in [0.5, 0.6) is 0 Å². The van der Waals surface area contributed by atoms with Crippen LogP contribution in [0.15, 0.2) is 48.1 Å². The maximum Gasteiger partial charge on any atom is -0.00290 e. The Kier molecular flexibility index (Phi) is 6.49. The van der Waals surface area contributed by atoms with E-state index >= 15 is 0 Å². The third-order valence-corrected chi connectivity index (χ3v) is 3.20. The van der Waals surface area contributed by atoms with Crippen molar-refractivity contribution in [2.75, 3.05) is 0 Å². The Morgan fingerprint density at radius 3 is 2.44 bits per heavy atom. The van der Waals surface area contributed by atoms with E-state index in [1.54, 1.807) is 0 Å². The van der Waals surface area contributed by atoms with Crippen LogP contribution in [0.3, 0.4) is 0 Å². The van der Waals surface area contributed by atoms with Crippen molar-refractivity contribution in [2.24, 2.45) is 5.92 Å². The van der Waals surface area contributed by atoms with Crippen LogP contribution in [0.25, 0.3) is 0 Å². The summed E-state index contributed by atoms with van der Waals surface area (Å²) in [7, 11) is 0. The van der Waals surface area contributed by atoms with Crippen molar-refractivity contribution >= 4 is 0 Å². The Hall–Kier alpha value is -1.30. The molecule has 0 aliphatic heterocycles. The number of rotatable bonds is 2. The molecule has 1 aromatic carbocycles. The van der Waals surface area contributed by atoms with Gasteiger partial charge in [-0.15, -0.1) is 0 Å². The van der Waals surface area contributed by atoms with Crippen molar-refractivity contribution in [3.8, 4) is 0 Å². The summed E-state index contributed by atoms with van der Waals surface area (Å²) in [6.07, 6.45) is 10.6. The fourth-order valence-electron chi connectivity index (χ4n) is 2.06. The van der Waals surface area contributed by atoms with Gasteiger partial charge in [0.05, 0.1) is 0 Å². The molecule has 98 valence electrons. The van der Waals surface area contributed by atoms with Crippen molar-refractivity contribution < 1.29 is 0 Å². The van der Waals surface area contributed by atoms with Crippen molar-refractivity contribution in [1.82, 2.24) is 0 Å². The van der Waals surface area contributed by atoms with Crippen LogP contribution in [0.1, 0.15) is 44.7 Å². The van der Waals surface area contributed by atoms with E-state index in [-0.39, 0.29) is 0 Å². The fraction of sp³-hybridized carbons (Fsp3) is 0.444.